The van der Waals surface area contributed by atoms with Gasteiger partial charge in [0.05, 0.1) is 12.5 Å². The summed E-state index contributed by atoms with van der Waals surface area (Å²) in [6.45, 7) is 2.40. The smallest absolute Gasteiger partial charge is 0.309 e. The zero-order valence-corrected chi connectivity index (χ0v) is 25.6. The van der Waals surface area contributed by atoms with E-state index in [2.05, 4.69) is 107 Å². The number of carbonyl (C=O) groups excluding carboxylic acids is 1. The van der Waals surface area contributed by atoms with Gasteiger partial charge in [-0.15, -0.1) is 21.8 Å². The van der Waals surface area contributed by atoms with Crippen LogP contribution in [0.25, 0.3) is 0 Å². The molecule has 0 radical (unpaired) electrons. The van der Waals surface area contributed by atoms with Crippen molar-refractivity contribution in [2.24, 2.45) is 29.1 Å². The standard InChI is InChI=1S/C34H39IO2Si/c1-2-37-33(36)29(24-34-21-25-17-26(22-34)19-27(18-25)23-34)20-28-11-9-10-16-32(28)38(35,30-12-5-3-6-13-30)31-14-7-4-8-15-31/h3-16,25-27,29H,2,17-24H2,1H3. The summed E-state index contributed by atoms with van der Waals surface area (Å²) in [6.07, 6.45) is 10.1. The van der Waals surface area contributed by atoms with E-state index in [0.29, 0.717) is 12.0 Å². The van der Waals surface area contributed by atoms with E-state index in [1.165, 1.54) is 59.6 Å². The molecule has 4 bridgehead atoms. The predicted molar refractivity (Wildman–Crippen MR) is 167 cm³/mol. The molecule has 4 saturated carbocycles. The number of esters is 1. The summed E-state index contributed by atoms with van der Waals surface area (Å²) in [5, 5.41) is 4.21. The lowest BCUT2D eigenvalue weighted by Crippen LogP contribution is -2.63. The summed E-state index contributed by atoms with van der Waals surface area (Å²) < 4.78 is 5.76. The Morgan fingerprint density at radius 2 is 1.34 bits per heavy atom. The van der Waals surface area contributed by atoms with E-state index in [-0.39, 0.29) is 11.9 Å². The summed E-state index contributed by atoms with van der Waals surface area (Å²) in [5.41, 5.74) is -0.638. The van der Waals surface area contributed by atoms with Gasteiger partial charge in [0, 0.05) is 0 Å². The molecule has 4 aliphatic rings. The predicted octanol–water partition coefficient (Wildman–Crippen LogP) is 6.42. The molecule has 0 aliphatic heterocycles. The molecule has 0 amide bonds. The van der Waals surface area contributed by atoms with E-state index in [1.54, 1.807) is 0 Å². The molecule has 0 aromatic heterocycles. The van der Waals surface area contributed by atoms with Crippen LogP contribution in [0.2, 0.25) is 0 Å². The molecular weight excluding hydrogens is 595 g/mol. The number of halogens is 1. The number of benzene rings is 3. The monoisotopic (exact) mass is 634 g/mol. The molecule has 1 unspecified atom stereocenters. The molecule has 0 saturated heterocycles. The minimum atomic E-state index is -2.31. The SMILES string of the molecule is CCOC(=O)C(Cc1ccccc1[Si](I)(c1ccccc1)c1ccccc1)CC12CC3CC(CC(C3)C1)C2. The summed E-state index contributed by atoms with van der Waals surface area (Å²) in [4.78, 5) is 13.6. The maximum absolute atomic E-state index is 13.6. The summed E-state index contributed by atoms with van der Waals surface area (Å²) >= 11 is 2.79. The topological polar surface area (TPSA) is 26.3 Å². The molecule has 1 atom stereocenters. The Labute approximate surface area is 241 Å². The van der Waals surface area contributed by atoms with E-state index in [4.69, 9.17) is 4.74 Å². The fraction of sp³-hybridized carbons (Fsp3) is 0.441. The number of carbonyl (C=O) groups is 1. The molecule has 2 nitrogen and oxygen atoms in total. The third kappa shape index (κ3) is 5.03. The first kappa shape index (κ1) is 26.3. The van der Waals surface area contributed by atoms with Gasteiger partial charge < -0.3 is 4.74 Å². The van der Waals surface area contributed by atoms with Crippen LogP contribution in [0.1, 0.15) is 57.4 Å². The van der Waals surface area contributed by atoms with Gasteiger partial charge in [0.1, 0.15) is 0 Å². The van der Waals surface area contributed by atoms with Gasteiger partial charge in [0.15, 0.2) is 0 Å². The Morgan fingerprint density at radius 3 is 1.87 bits per heavy atom. The van der Waals surface area contributed by atoms with Crippen molar-refractivity contribution in [2.45, 2.75) is 58.3 Å². The normalized spacial score (nSPS) is 26.7. The van der Waals surface area contributed by atoms with Gasteiger partial charge in [-0.3, -0.25) is 4.79 Å². The van der Waals surface area contributed by atoms with Gasteiger partial charge in [-0.2, -0.15) is 0 Å². The highest BCUT2D eigenvalue weighted by Gasteiger charge is 2.52. The quantitative estimate of drug-likeness (QED) is 0.0894. The van der Waals surface area contributed by atoms with Gasteiger partial charge in [0.25, 0.3) is 0 Å². The second-order valence-corrected chi connectivity index (χ2v) is 20.2. The summed E-state index contributed by atoms with van der Waals surface area (Å²) in [6, 6.07) is 31.0. The fourth-order valence-electron chi connectivity index (χ4n) is 8.67. The first-order valence-corrected chi connectivity index (χ1v) is 19.7. The first-order valence-electron chi connectivity index (χ1n) is 14.5. The maximum Gasteiger partial charge on any atom is 0.309 e. The van der Waals surface area contributed by atoms with E-state index in [0.717, 1.165) is 30.6 Å². The molecule has 4 aliphatic carbocycles. The largest absolute Gasteiger partial charge is 0.466 e. The molecule has 3 aromatic carbocycles. The van der Waals surface area contributed by atoms with E-state index in [9.17, 15) is 4.79 Å². The van der Waals surface area contributed by atoms with Crippen LogP contribution < -0.4 is 15.6 Å². The average Bonchev–Trinajstić information content (AvgIpc) is 2.93. The van der Waals surface area contributed by atoms with Gasteiger partial charge in [-0.25, -0.2) is 0 Å². The third-order valence-corrected chi connectivity index (χ3v) is 18.6. The van der Waals surface area contributed by atoms with Crippen molar-refractivity contribution in [1.82, 2.24) is 0 Å². The number of hydrogen-bond donors (Lipinski definition) is 0. The Balaban J connectivity index is 1.38. The molecule has 4 heteroatoms. The van der Waals surface area contributed by atoms with Crippen LogP contribution in [-0.4, -0.2) is 18.1 Å². The molecule has 0 spiro atoms. The molecule has 0 N–H and O–H groups in total. The van der Waals surface area contributed by atoms with Crippen molar-refractivity contribution in [3.05, 3.63) is 90.5 Å². The van der Waals surface area contributed by atoms with Crippen LogP contribution in [0.3, 0.4) is 0 Å². The van der Waals surface area contributed by atoms with Crippen LogP contribution in [0.15, 0.2) is 84.9 Å². The molecule has 7 rings (SSSR count). The van der Waals surface area contributed by atoms with Crippen molar-refractivity contribution in [1.29, 1.82) is 0 Å². The Hall–Kier alpha value is -1.92. The van der Waals surface area contributed by atoms with E-state index < -0.39 is 5.57 Å². The molecular formula is C34H39IO2Si. The van der Waals surface area contributed by atoms with Crippen LogP contribution in [0, 0.1) is 29.1 Å². The first-order chi connectivity index (χ1) is 18.5. The Bertz CT molecular complexity index is 1180. The number of rotatable bonds is 9. The zero-order valence-electron chi connectivity index (χ0n) is 22.5. The lowest BCUT2D eigenvalue weighted by molar-refractivity contribution is -0.151. The van der Waals surface area contributed by atoms with Crippen LogP contribution >= 0.6 is 21.8 Å². The van der Waals surface area contributed by atoms with Gasteiger partial charge in [-0.05, 0) is 103 Å². The molecule has 38 heavy (non-hydrogen) atoms. The van der Waals surface area contributed by atoms with Crippen molar-refractivity contribution >= 4 is 48.9 Å². The van der Waals surface area contributed by atoms with Gasteiger partial charge >= 0.3 is 5.97 Å². The highest BCUT2D eigenvalue weighted by molar-refractivity contribution is 14.1. The second kappa shape index (κ2) is 10.9. The van der Waals surface area contributed by atoms with E-state index in [1.807, 2.05) is 6.92 Å². The summed E-state index contributed by atoms with van der Waals surface area (Å²) in [5.74, 6) is 2.61. The highest BCUT2D eigenvalue weighted by atomic mass is 127. The molecule has 198 valence electrons. The van der Waals surface area contributed by atoms with Crippen LogP contribution in [0.4, 0.5) is 0 Å². The van der Waals surface area contributed by atoms with Crippen molar-refractivity contribution in [3.63, 3.8) is 0 Å². The minimum absolute atomic E-state index is 0.0122. The molecule has 0 heterocycles. The molecule has 3 aromatic rings. The van der Waals surface area contributed by atoms with Crippen molar-refractivity contribution < 1.29 is 9.53 Å². The van der Waals surface area contributed by atoms with E-state index >= 15 is 0 Å². The van der Waals surface area contributed by atoms with Gasteiger partial charge in [-0.1, -0.05) is 84.9 Å². The zero-order chi connectivity index (χ0) is 26.2. The van der Waals surface area contributed by atoms with Crippen molar-refractivity contribution in [2.75, 3.05) is 6.61 Å². The molecule has 4 fully saturated rings. The van der Waals surface area contributed by atoms with Crippen molar-refractivity contribution in [3.8, 4) is 0 Å². The number of hydrogen-bond acceptors (Lipinski definition) is 2. The minimum Gasteiger partial charge on any atom is -0.466 e. The summed E-state index contributed by atoms with van der Waals surface area (Å²) in [7, 11) is 0. The third-order valence-electron chi connectivity index (χ3n) is 9.66. The van der Waals surface area contributed by atoms with Gasteiger partial charge in [0.2, 0.25) is 5.57 Å². The maximum atomic E-state index is 13.6. The fourth-order valence-corrected chi connectivity index (χ4v) is 15.6. The van der Waals surface area contributed by atoms with Crippen LogP contribution in [0.5, 0.6) is 0 Å². The Kier molecular flexibility index (Phi) is 7.56. The highest BCUT2D eigenvalue weighted by Crippen LogP contribution is 2.62. The lowest BCUT2D eigenvalue weighted by atomic mass is 9.48. The number of ether oxygens (including phenoxy) is 1. The van der Waals surface area contributed by atoms with Crippen LogP contribution in [-0.2, 0) is 16.0 Å². The average molecular weight is 635 g/mol. The second-order valence-electron chi connectivity index (χ2n) is 12.3. The Morgan fingerprint density at radius 1 is 0.842 bits per heavy atom. The lowest BCUT2D eigenvalue weighted by Gasteiger charge is -2.57.